The molecule has 0 aliphatic rings. The molecule has 2 rings (SSSR count). The predicted molar refractivity (Wildman–Crippen MR) is 81.9 cm³/mol. The van der Waals surface area contributed by atoms with Crippen LogP contribution in [0.25, 0.3) is 0 Å². The van der Waals surface area contributed by atoms with Gasteiger partial charge in [0.15, 0.2) is 0 Å². The van der Waals surface area contributed by atoms with E-state index in [0.29, 0.717) is 30.1 Å². The van der Waals surface area contributed by atoms with Gasteiger partial charge in [0.25, 0.3) is 0 Å². The quantitative estimate of drug-likeness (QED) is 0.847. The van der Waals surface area contributed by atoms with Crippen LogP contribution >= 0.6 is 11.3 Å². The maximum Gasteiger partial charge on any atom is 0.239 e. The van der Waals surface area contributed by atoms with Gasteiger partial charge < -0.3 is 9.73 Å². The van der Waals surface area contributed by atoms with Crippen molar-refractivity contribution in [2.75, 3.05) is 18.4 Å². The number of anilines is 1. The molecule has 7 heteroatoms. The molecule has 0 spiro atoms. The Bertz CT molecular complexity index is 694. The Kier molecular flexibility index (Phi) is 5.73. The number of rotatable bonds is 7. The second-order valence-corrected chi connectivity index (χ2v) is 5.44. The Morgan fingerprint density at radius 3 is 2.95 bits per heavy atom. The molecule has 0 aromatic carbocycles. The number of nitrogens with zero attached hydrogens (tertiary/aromatic N) is 3. The van der Waals surface area contributed by atoms with Gasteiger partial charge in [-0.1, -0.05) is 0 Å². The number of hydrogen-bond donors (Lipinski definition) is 1. The average Bonchev–Trinajstić information content (AvgIpc) is 3.16. The standard InChI is InChI=1S/C15H14N4O2S/c16-5-2-6-19(10-13-3-1-7-21-13)11-14(20)18-15-12(9-17)4-8-22-15/h1,3-4,7-8H,2,6,10-11H2,(H,18,20). The molecule has 0 bridgehead atoms. The summed E-state index contributed by atoms with van der Waals surface area (Å²) in [7, 11) is 0. The number of thiophene rings is 1. The van der Waals surface area contributed by atoms with Crippen LogP contribution in [0.5, 0.6) is 0 Å². The first-order valence-corrected chi connectivity index (χ1v) is 7.50. The molecule has 0 radical (unpaired) electrons. The van der Waals surface area contributed by atoms with E-state index in [2.05, 4.69) is 11.4 Å². The Hall–Kier alpha value is -2.61. The molecule has 0 saturated carbocycles. The molecule has 2 aromatic heterocycles. The van der Waals surface area contributed by atoms with Crippen molar-refractivity contribution in [1.82, 2.24) is 4.90 Å². The van der Waals surface area contributed by atoms with Gasteiger partial charge in [0.05, 0.1) is 31.0 Å². The second-order valence-electron chi connectivity index (χ2n) is 4.52. The van der Waals surface area contributed by atoms with Crippen LogP contribution in [0.3, 0.4) is 0 Å². The predicted octanol–water partition coefficient (Wildman–Crippen LogP) is 2.57. The molecule has 0 atom stereocenters. The smallest absolute Gasteiger partial charge is 0.239 e. The number of furan rings is 1. The fourth-order valence-corrected chi connectivity index (χ4v) is 2.66. The van der Waals surface area contributed by atoms with E-state index in [4.69, 9.17) is 14.9 Å². The highest BCUT2D eigenvalue weighted by molar-refractivity contribution is 7.14. The highest BCUT2D eigenvalue weighted by Gasteiger charge is 2.14. The molecule has 0 fully saturated rings. The van der Waals surface area contributed by atoms with Gasteiger partial charge >= 0.3 is 0 Å². The summed E-state index contributed by atoms with van der Waals surface area (Å²) < 4.78 is 5.27. The van der Waals surface area contributed by atoms with Crippen LogP contribution in [-0.4, -0.2) is 23.9 Å². The van der Waals surface area contributed by atoms with Crippen molar-refractivity contribution in [2.24, 2.45) is 0 Å². The molecule has 2 aromatic rings. The second kappa shape index (κ2) is 7.99. The van der Waals surface area contributed by atoms with Crippen LogP contribution in [0.2, 0.25) is 0 Å². The minimum Gasteiger partial charge on any atom is -0.468 e. The van der Waals surface area contributed by atoms with Crippen molar-refractivity contribution in [1.29, 1.82) is 10.5 Å². The SMILES string of the molecule is N#CCCN(CC(=O)Nc1sccc1C#N)Cc1ccco1. The molecular weight excluding hydrogens is 300 g/mol. The third kappa shape index (κ3) is 4.45. The lowest BCUT2D eigenvalue weighted by molar-refractivity contribution is -0.117. The van der Waals surface area contributed by atoms with Crippen LogP contribution < -0.4 is 5.32 Å². The van der Waals surface area contributed by atoms with E-state index in [0.717, 1.165) is 5.76 Å². The van der Waals surface area contributed by atoms with Crippen molar-refractivity contribution >= 4 is 22.2 Å². The molecule has 0 aliphatic heterocycles. The van der Waals surface area contributed by atoms with Crippen molar-refractivity contribution < 1.29 is 9.21 Å². The molecule has 2 heterocycles. The molecule has 0 saturated heterocycles. The highest BCUT2D eigenvalue weighted by atomic mass is 32.1. The van der Waals surface area contributed by atoms with Crippen LogP contribution in [-0.2, 0) is 11.3 Å². The fraction of sp³-hybridized carbons (Fsp3) is 0.267. The maximum absolute atomic E-state index is 12.1. The van der Waals surface area contributed by atoms with Crippen molar-refractivity contribution in [3.8, 4) is 12.1 Å². The monoisotopic (exact) mass is 314 g/mol. The first kappa shape index (κ1) is 15.8. The Morgan fingerprint density at radius 1 is 1.41 bits per heavy atom. The van der Waals surface area contributed by atoms with Crippen LogP contribution in [0.1, 0.15) is 17.7 Å². The van der Waals surface area contributed by atoms with Crippen molar-refractivity contribution in [3.63, 3.8) is 0 Å². The number of nitrogens with one attached hydrogen (secondary N) is 1. The van der Waals surface area contributed by atoms with Crippen LogP contribution in [0.15, 0.2) is 34.3 Å². The lowest BCUT2D eigenvalue weighted by Crippen LogP contribution is -2.33. The maximum atomic E-state index is 12.1. The van der Waals surface area contributed by atoms with E-state index in [1.165, 1.54) is 11.3 Å². The zero-order chi connectivity index (χ0) is 15.8. The summed E-state index contributed by atoms with van der Waals surface area (Å²) in [6, 6.07) is 9.37. The Morgan fingerprint density at radius 2 is 2.27 bits per heavy atom. The van der Waals surface area contributed by atoms with E-state index < -0.39 is 0 Å². The number of hydrogen-bond acceptors (Lipinski definition) is 6. The number of carbonyl (C=O) groups excluding carboxylic acids is 1. The topological polar surface area (TPSA) is 93.1 Å². The van der Waals surface area contributed by atoms with Crippen LogP contribution in [0.4, 0.5) is 5.00 Å². The molecule has 112 valence electrons. The minimum absolute atomic E-state index is 0.130. The Labute approximate surface area is 132 Å². The summed E-state index contributed by atoms with van der Waals surface area (Å²) in [5.41, 5.74) is 0.452. The number of nitriles is 2. The molecule has 6 nitrogen and oxygen atoms in total. The first-order valence-electron chi connectivity index (χ1n) is 6.62. The number of amides is 1. The summed E-state index contributed by atoms with van der Waals surface area (Å²) in [4.78, 5) is 13.9. The lowest BCUT2D eigenvalue weighted by atomic mass is 10.3. The highest BCUT2D eigenvalue weighted by Crippen LogP contribution is 2.22. The van der Waals surface area contributed by atoms with Gasteiger partial charge in [-0.25, -0.2) is 0 Å². The van der Waals surface area contributed by atoms with E-state index in [1.54, 1.807) is 23.8 Å². The van der Waals surface area contributed by atoms with E-state index in [9.17, 15) is 4.79 Å². The molecule has 0 unspecified atom stereocenters. The zero-order valence-corrected chi connectivity index (χ0v) is 12.6. The number of carbonyl (C=O) groups is 1. The van der Waals surface area contributed by atoms with Gasteiger partial charge in [-0.05, 0) is 23.6 Å². The average molecular weight is 314 g/mol. The lowest BCUT2D eigenvalue weighted by Gasteiger charge is -2.19. The van der Waals surface area contributed by atoms with Gasteiger partial charge in [-0.15, -0.1) is 11.3 Å². The van der Waals surface area contributed by atoms with Gasteiger partial charge in [-0.3, -0.25) is 9.69 Å². The summed E-state index contributed by atoms with van der Waals surface area (Å²) in [5.74, 6) is 0.517. The molecular formula is C15H14N4O2S. The summed E-state index contributed by atoms with van der Waals surface area (Å²) >= 11 is 1.31. The van der Waals surface area contributed by atoms with Gasteiger partial charge in [0, 0.05) is 13.0 Å². The minimum atomic E-state index is -0.219. The van der Waals surface area contributed by atoms with Crippen LogP contribution in [0, 0.1) is 22.7 Å². The summed E-state index contributed by atoms with van der Waals surface area (Å²) in [5, 5.41) is 22.7. The molecule has 1 amide bonds. The summed E-state index contributed by atoms with van der Waals surface area (Å²) in [6.45, 7) is 1.06. The van der Waals surface area contributed by atoms with E-state index >= 15 is 0 Å². The van der Waals surface area contributed by atoms with Gasteiger partial charge in [0.2, 0.25) is 5.91 Å². The fourth-order valence-electron chi connectivity index (χ4n) is 1.91. The third-order valence-electron chi connectivity index (χ3n) is 2.91. The first-order chi connectivity index (χ1) is 10.7. The summed E-state index contributed by atoms with van der Waals surface area (Å²) in [6.07, 6.45) is 1.90. The van der Waals surface area contributed by atoms with Crippen molar-refractivity contribution in [2.45, 2.75) is 13.0 Å². The van der Waals surface area contributed by atoms with Gasteiger partial charge in [0.1, 0.15) is 16.8 Å². The van der Waals surface area contributed by atoms with E-state index in [1.807, 2.05) is 17.0 Å². The normalized spacial score (nSPS) is 10.1. The van der Waals surface area contributed by atoms with Gasteiger partial charge in [-0.2, -0.15) is 10.5 Å². The largest absolute Gasteiger partial charge is 0.468 e. The molecule has 22 heavy (non-hydrogen) atoms. The van der Waals surface area contributed by atoms with E-state index in [-0.39, 0.29) is 12.5 Å². The zero-order valence-electron chi connectivity index (χ0n) is 11.8. The Balaban J connectivity index is 1.95. The molecule has 0 aliphatic carbocycles. The third-order valence-corrected chi connectivity index (χ3v) is 3.74. The van der Waals surface area contributed by atoms with Crippen molar-refractivity contribution in [3.05, 3.63) is 41.2 Å². The molecule has 1 N–H and O–H groups in total.